The zero-order valence-corrected chi connectivity index (χ0v) is 8.85. The number of rotatable bonds is 2. The van der Waals surface area contributed by atoms with Gasteiger partial charge in [0.2, 0.25) is 0 Å². The average molecular weight is 228 g/mol. The molecule has 2 N–H and O–H groups in total. The van der Waals surface area contributed by atoms with Crippen LogP contribution in [-0.4, -0.2) is 0 Å². The highest BCUT2D eigenvalue weighted by molar-refractivity contribution is 5.48. The number of hydrogen-bond acceptors (Lipinski definition) is 3. The first-order valence-electron chi connectivity index (χ1n) is 4.92. The maximum absolute atomic E-state index is 13.3. The van der Waals surface area contributed by atoms with Crippen molar-refractivity contribution in [3.05, 3.63) is 53.8 Å². The summed E-state index contributed by atoms with van der Waals surface area (Å²) in [6.07, 6.45) is 0. The zero-order valence-electron chi connectivity index (χ0n) is 8.85. The maximum Gasteiger partial charge on any atom is 0.148 e. The Morgan fingerprint density at radius 1 is 1.12 bits per heavy atom. The monoisotopic (exact) mass is 228 g/mol. The molecular weight excluding hydrogens is 219 g/mol. The lowest BCUT2D eigenvalue weighted by Gasteiger charge is -2.07. The van der Waals surface area contributed by atoms with Gasteiger partial charge < -0.3 is 10.5 Å². The molecule has 2 rings (SSSR count). The Hall–Kier alpha value is -2.54. The molecule has 0 unspecified atom stereocenters. The van der Waals surface area contributed by atoms with Crippen molar-refractivity contribution in [2.75, 3.05) is 5.73 Å². The van der Waals surface area contributed by atoms with Crippen molar-refractivity contribution in [1.82, 2.24) is 0 Å². The molecule has 0 radical (unpaired) electrons. The van der Waals surface area contributed by atoms with E-state index in [-0.39, 0.29) is 11.3 Å². The smallest absolute Gasteiger partial charge is 0.148 e. The van der Waals surface area contributed by atoms with Gasteiger partial charge in [0.1, 0.15) is 28.9 Å². The lowest BCUT2D eigenvalue weighted by atomic mass is 10.2. The number of nitriles is 1. The molecule has 0 saturated heterocycles. The summed E-state index contributed by atoms with van der Waals surface area (Å²) in [7, 11) is 0. The normalized spacial score (nSPS) is 9.65. The number of nitrogen functional groups attached to an aromatic ring is 1. The van der Waals surface area contributed by atoms with Crippen LogP contribution in [0.15, 0.2) is 42.5 Å². The molecule has 2 aromatic carbocycles. The Morgan fingerprint density at radius 3 is 2.47 bits per heavy atom. The van der Waals surface area contributed by atoms with E-state index in [1.807, 2.05) is 0 Å². The summed E-state index contributed by atoms with van der Waals surface area (Å²) in [5, 5.41) is 8.83. The van der Waals surface area contributed by atoms with Crippen LogP contribution >= 0.6 is 0 Å². The molecule has 0 amide bonds. The fourth-order valence-corrected chi connectivity index (χ4v) is 1.36. The van der Waals surface area contributed by atoms with Crippen molar-refractivity contribution in [2.24, 2.45) is 0 Å². The minimum Gasteiger partial charge on any atom is -0.456 e. The third-order valence-corrected chi connectivity index (χ3v) is 2.20. The number of halogens is 1. The zero-order chi connectivity index (χ0) is 12.3. The van der Waals surface area contributed by atoms with E-state index in [0.717, 1.165) is 0 Å². The quantitative estimate of drug-likeness (QED) is 0.803. The van der Waals surface area contributed by atoms with Crippen molar-refractivity contribution in [3.8, 4) is 17.6 Å². The molecule has 0 aliphatic heterocycles. The second kappa shape index (κ2) is 4.54. The van der Waals surface area contributed by atoms with E-state index >= 15 is 0 Å². The van der Waals surface area contributed by atoms with Gasteiger partial charge in [0.05, 0.1) is 0 Å². The summed E-state index contributed by atoms with van der Waals surface area (Å²) in [6, 6.07) is 12.7. The summed E-state index contributed by atoms with van der Waals surface area (Å²) in [5.74, 6) is 0.0963. The van der Waals surface area contributed by atoms with E-state index in [4.69, 9.17) is 15.7 Å². The van der Waals surface area contributed by atoms with E-state index in [1.165, 1.54) is 18.2 Å². The highest BCUT2D eigenvalue weighted by Crippen LogP contribution is 2.26. The predicted molar refractivity (Wildman–Crippen MR) is 62.0 cm³/mol. The highest BCUT2D eigenvalue weighted by Gasteiger charge is 2.09. The third-order valence-electron chi connectivity index (χ3n) is 2.20. The molecular formula is C13H9FN2O. The molecule has 17 heavy (non-hydrogen) atoms. The Labute approximate surface area is 97.9 Å². The lowest BCUT2D eigenvalue weighted by molar-refractivity contribution is 0.474. The first-order valence-corrected chi connectivity index (χ1v) is 4.92. The molecule has 2 aromatic rings. The molecule has 3 nitrogen and oxygen atoms in total. The molecule has 0 aliphatic rings. The van der Waals surface area contributed by atoms with E-state index < -0.39 is 5.82 Å². The number of ether oxygens (including phenoxy) is 1. The summed E-state index contributed by atoms with van der Waals surface area (Å²) in [4.78, 5) is 0. The second-order valence-electron chi connectivity index (χ2n) is 3.40. The van der Waals surface area contributed by atoms with Crippen molar-refractivity contribution in [2.45, 2.75) is 0 Å². The summed E-state index contributed by atoms with van der Waals surface area (Å²) in [6.45, 7) is 0. The Bertz CT molecular complexity index is 573. The first kappa shape index (κ1) is 11.0. The van der Waals surface area contributed by atoms with Crippen LogP contribution in [0, 0.1) is 17.1 Å². The number of nitrogens with two attached hydrogens (primary N) is 1. The Kier molecular flexibility index (Phi) is 2.93. The lowest BCUT2D eigenvalue weighted by Crippen LogP contribution is -1.92. The number of hydrogen-bond donors (Lipinski definition) is 1. The van der Waals surface area contributed by atoms with Crippen LogP contribution in [0.1, 0.15) is 5.56 Å². The van der Waals surface area contributed by atoms with Crippen LogP contribution in [0.3, 0.4) is 0 Å². The number of anilines is 1. The molecule has 0 fully saturated rings. The number of benzene rings is 2. The minimum atomic E-state index is -0.597. The molecule has 0 saturated carbocycles. The van der Waals surface area contributed by atoms with E-state index in [0.29, 0.717) is 11.4 Å². The van der Waals surface area contributed by atoms with Gasteiger partial charge in [0, 0.05) is 5.69 Å². The van der Waals surface area contributed by atoms with Gasteiger partial charge >= 0.3 is 0 Å². The molecule has 0 bridgehead atoms. The van der Waals surface area contributed by atoms with E-state index in [2.05, 4.69) is 0 Å². The third kappa shape index (κ3) is 2.34. The van der Waals surface area contributed by atoms with Crippen LogP contribution < -0.4 is 10.5 Å². The SMILES string of the molecule is N#Cc1c(F)cccc1Oc1ccc(N)cc1. The highest BCUT2D eigenvalue weighted by atomic mass is 19.1. The minimum absolute atomic E-state index is 0.107. The largest absolute Gasteiger partial charge is 0.456 e. The van der Waals surface area contributed by atoms with Gasteiger partial charge in [-0.1, -0.05) is 6.07 Å². The van der Waals surface area contributed by atoms with Crippen LogP contribution in [0.2, 0.25) is 0 Å². The molecule has 0 heterocycles. The van der Waals surface area contributed by atoms with E-state index in [9.17, 15) is 4.39 Å². The van der Waals surface area contributed by atoms with Crippen LogP contribution in [0.25, 0.3) is 0 Å². The fraction of sp³-hybridized carbons (Fsp3) is 0. The summed E-state index contributed by atoms with van der Waals surface area (Å²) in [5.41, 5.74) is 6.03. The molecule has 4 heteroatoms. The maximum atomic E-state index is 13.3. The molecule has 0 atom stereocenters. The van der Waals surface area contributed by atoms with Crippen LogP contribution in [-0.2, 0) is 0 Å². The predicted octanol–water partition coefficient (Wildman–Crippen LogP) is 3.07. The van der Waals surface area contributed by atoms with Crippen molar-refractivity contribution in [3.63, 3.8) is 0 Å². The van der Waals surface area contributed by atoms with Gasteiger partial charge in [0.25, 0.3) is 0 Å². The second-order valence-corrected chi connectivity index (χ2v) is 3.40. The molecule has 84 valence electrons. The topological polar surface area (TPSA) is 59.0 Å². The fourth-order valence-electron chi connectivity index (χ4n) is 1.36. The van der Waals surface area contributed by atoms with Gasteiger partial charge in [-0.3, -0.25) is 0 Å². The van der Waals surface area contributed by atoms with Crippen molar-refractivity contribution in [1.29, 1.82) is 5.26 Å². The van der Waals surface area contributed by atoms with Crippen LogP contribution in [0.4, 0.5) is 10.1 Å². The van der Waals surface area contributed by atoms with Gasteiger partial charge in [-0.15, -0.1) is 0 Å². The molecule has 0 spiro atoms. The Morgan fingerprint density at radius 2 is 1.82 bits per heavy atom. The van der Waals surface area contributed by atoms with Crippen LogP contribution in [0.5, 0.6) is 11.5 Å². The summed E-state index contributed by atoms with van der Waals surface area (Å²) >= 11 is 0. The molecule has 0 aromatic heterocycles. The van der Waals surface area contributed by atoms with Gasteiger partial charge in [-0.2, -0.15) is 5.26 Å². The van der Waals surface area contributed by atoms with Gasteiger partial charge in [-0.05, 0) is 36.4 Å². The first-order chi connectivity index (χ1) is 8.20. The molecule has 0 aliphatic carbocycles. The van der Waals surface area contributed by atoms with Crippen molar-refractivity contribution < 1.29 is 9.13 Å². The Balaban J connectivity index is 2.34. The average Bonchev–Trinajstić information content (AvgIpc) is 2.32. The van der Waals surface area contributed by atoms with E-state index in [1.54, 1.807) is 30.3 Å². The van der Waals surface area contributed by atoms with Crippen molar-refractivity contribution >= 4 is 5.69 Å². The van der Waals surface area contributed by atoms with Gasteiger partial charge in [-0.25, -0.2) is 4.39 Å². The summed E-state index contributed by atoms with van der Waals surface area (Å²) < 4.78 is 18.7. The van der Waals surface area contributed by atoms with Gasteiger partial charge in [0.15, 0.2) is 0 Å². The standard InChI is InChI=1S/C13H9FN2O/c14-12-2-1-3-13(11(12)8-15)17-10-6-4-9(16)5-7-10/h1-7H,16H2. The number of nitrogens with zero attached hydrogens (tertiary/aromatic N) is 1.